The van der Waals surface area contributed by atoms with Crippen LogP contribution in [0.1, 0.15) is 36.7 Å². The largest absolute Gasteiger partial charge is 0.493 e. The van der Waals surface area contributed by atoms with Crippen LogP contribution in [0, 0.1) is 12.8 Å². The van der Waals surface area contributed by atoms with Crippen molar-refractivity contribution in [2.24, 2.45) is 5.92 Å². The highest BCUT2D eigenvalue weighted by atomic mass is 16.5. The van der Waals surface area contributed by atoms with Gasteiger partial charge >= 0.3 is 0 Å². The topological polar surface area (TPSA) is 26.3 Å². The molecule has 82 valence electrons. The van der Waals surface area contributed by atoms with E-state index >= 15 is 0 Å². The minimum Gasteiger partial charge on any atom is -0.493 e. The predicted octanol–water partition coefficient (Wildman–Crippen LogP) is 3.23. The molecule has 0 bridgehead atoms. The molecule has 2 heteroatoms. The van der Waals surface area contributed by atoms with Crippen molar-refractivity contribution in [3.05, 3.63) is 29.3 Å². The van der Waals surface area contributed by atoms with Crippen LogP contribution in [-0.2, 0) is 0 Å². The molecule has 1 aromatic rings. The molecule has 0 atom stereocenters. The molecule has 0 aliphatic heterocycles. The van der Waals surface area contributed by atoms with E-state index in [9.17, 15) is 4.79 Å². The SMILES string of the molecule is CC(=O)c1cc(C)cc(OCC(C)C)c1. The molecule has 0 saturated heterocycles. The number of ether oxygens (including phenoxy) is 1. The van der Waals surface area contributed by atoms with Crippen LogP contribution in [0.4, 0.5) is 0 Å². The van der Waals surface area contributed by atoms with Gasteiger partial charge in [-0.05, 0) is 43.5 Å². The second kappa shape index (κ2) is 4.96. The maximum absolute atomic E-state index is 11.2. The molecule has 0 aromatic heterocycles. The molecule has 0 spiro atoms. The first-order valence-electron chi connectivity index (χ1n) is 5.24. The summed E-state index contributed by atoms with van der Waals surface area (Å²) in [5, 5.41) is 0. The smallest absolute Gasteiger partial charge is 0.159 e. The van der Waals surface area contributed by atoms with Crippen molar-refractivity contribution >= 4 is 5.78 Å². The summed E-state index contributed by atoms with van der Waals surface area (Å²) in [5.41, 5.74) is 1.77. The van der Waals surface area contributed by atoms with E-state index in [0.717, 1.165) is 11.3 Å². The van der Waals surface area contributed by atoms with Crippen LogP contribution in [0.25, 0.3) is 0 Å². The molecule has 0 saturated carbocycles. The number of aryl methyl sites for hydroxylation is 1. The monoisotopic (exact) mass is 206 g/mol. The zero-order valence-corrected chi connectivity index (χ0v) is 9.83. The fraction of sp³-hybridized carbons (Fsp3) is 0.462. The molecule has 2 nitrogen and oxygen atoms in total. The Labute approximate surface area is 91.3 Å². The minimum atomic E-state index is 0.0769. The van der Waals surface area contributed by atoms with E-state index in [1.807, 2.05) is 19.1 Å². The van der Waals surface area contributed by atoms with Crippen molar-refractivity contribution < 1.29 is 9.53 Å². The van der Waals surface area contributed by atoms with Gasteiger partial charge in [0, 0.05) is 5.56 Å². The molecule has 1 aromatic carbocycles. The van der Waals surface area contributed by atoms with Gasteiger partial charge in [0.2, 0.25) is 0 Å². The highest BCUT2D eigenvalue weighted by Gasteiger charge is 2.04. The Hall–Kier alpha value is -1.31. The summed E-state index contributed by atoms with van der Waals surface area (Å²) in [7, 11) is 0. The third-order valence-electron chi connectivity index (χ3n) is 2.04. The lowest BCUT2D eigenvalue weighted by atomic mass is 10.1. The molecule has 0 aliphatic rings. The average Bonchev–Trinajstić information content (AvgIpc) is 2.13. The van der Waals surface area contributed by atoms with Gasteiger partial charge in [0.15, 0.2) is 5.78 Å². The lowest BCUT2D eigenvalue weighted by molar-refractivity contribution is 0.101. The van der Waals surface area contributed by atoms with Gasteiger partial charge in [-0.3, -0.25) is 4.79 Å². The summed E-state index contributed by atoms with van der Waals surface area (Å²) in [6.07, 6.45) is 0. The molecule has 1 rings (SSSR count). The Bertz CT molecular complexity index is 354. The second-order valence-electron chi connectivity index (χ2n) is 4.30. The number of hydrogen-bond donors (Lipinski definition) is 0. The van der Waals surface area contributed by atoms with Crippen LogP contribution in [0.5, 0.6) is 5.75 Å². The lowest BCUT2D eigenvalue weighted by Crippen LogP contribution is -2.05. The molecule has 15 heavy (non-hydrogen) atoms. The van der Waals surface area contributed by atoms with E-state index in [4.69, 9.17) is 4.74 Å². The molecule has 0 radical (unpaired) electrons. The summed E-state index contributed by atoms with van der Waals surface area (Å²) >= 11 is 0. The molecule has 0 heterocycles. The molecule has 0 aliphatic carbocycles. The van der Waals surface area contributed by atoms with Gasteiger partial charge in [-0.1, -0.05) is 13.8 Å². The Morgan fingerprint density at radius 2 is 2.00 bits per heavy atom. The Morgan fingerprint density at radius 3 is 2.53 bits per heavy atom. The fourth-order valence-electron chi connectivity index (χ4n) is 1.30. The van der Waals surface area contributed by atoms with Gasteiger partial charge in [0.1, 0.15) is 5.75 Å². The van der Waals surface area contributed by atoms with Crippen LogP contribution in [0.15, 0.2) is 18.2 Å². The Morgan fingerprint density at radius 1 is 1.33 bits per heavy atom. The molecular formula is C13H18O2. The number of ketones is 1. The highest BCUT2D eigenvalue weighted by Crippen LogP contribution is 2.18. The van der Waals surface area contributed by atoms with Crippen LogP contribution in [0.3, 0.4) is 0 Å². The third kappa shape index (κ3) is 3.74. The van der Waals surface area contributed by atoms with Crippen molar-refractivity contribution in [3.8, 4) is 5.75 Å². The summed E-state index contributed by atoms with van der Waals surface area (Å²) in [6, 6.07) is 5.64. The molecule has 0 N–H and O–H groups in total. The van der Waals surface area contributed by atoms with Gasteiger partial charge in [0.05, 0.1) is 6.61 Å². The summed E-state index contributed by atoms with van der Waals surface area (Å²) in [6.45, 7) is 8.42. The number of benzene rings is 1. The highest BCUT2D eigenvalue weighted by molar-refractivity contribution is 5.94. The van der Waals surface area contributed by atoms with Gasteiger partial charge < -0.3 is 4.74 Å². The minimum absolute atomic E-state index is 0.0769. The van der Waals surface area contributed by atoms with Crippen molar-refractivity contribution in [2.75, 3.05) is 6.61 Å². The van der Waals surface area contributed by atoms with Crippen molar-refractivity contribution in [1.82, 2.24) is 0 Å². The average molecular weight is 206 g/mol. The predicted molar refractivity (Wildman–Crippen MR) is 61.5 cm³/mol. The summed E-state index contributed by atoms with van der Waals surface area (Å²) in [5.74, 6) is 1.35. The number of hydrogen-bond acceptors (Lipinski definition) is 2. The summed E-state index contributed by atoms with van der Waals surface area (Å²) < 4.78 is 5.59. The first-order chi connectivity index (χ1) is 6.99. The van der Waals surface area contributed by atoms with Gasteiger partial charge in [0.25, 0.3) is 0 Å². The van der Waals surface area contributed by atoms with E-state index in [2.05, 4.69) is 13.8 Å². The lowest BCUT2D eigenvalue weighted by Gasteiger charge is -2.10. The quantitative estimate of drug-likeness (QED) is 0.707. The van der Waals surface area contributed by atoms with E-state index in [-0.39, 0.29) is 5.78 Å². The van der Waals surface area contributed by atoms with Crippen LogP contribution < -0.4 is 4.74 Å². The number of Topliss-reactive ketones (excluding diaryl/α,β-unsaturated/α-hetero) is 1. The number of carbonyl (C=O) groups excluding carboxylic acids is 1. The molecule has 0 fully saturated rings. The van der Waals surface area contributed by atoms with E-state index in [0.29, 0.717) is 18.1 Å². The van der Waals surface area contributed by atoms with Crippen LogP contribution >= 0.6 is 0 Å². The molecule has 0 unspecified atom stereocenters. The third-order valence-corrected chi connectivity index (χ3v) is 2.04. The molecule has 0 amide bonds. The molecular weight excluding hydrogens is 188 g/mol. The normalized spacial score (nSPS) is 10.5. The Kier molecular flexibility index (Phi) is 3.89. The zero-order chi connectivity index (χ0) is 11.4. The van der Waals surface area contributed by atoms with Crippen LogP contribution in [0.2, 0.25) is 0 Å². The fourth-order valence-corrected chi connectivity index (χ4v) is 1.30. The number of carbonyl (C=O) groups is 1. The standard InChI is InChI=1S/C13H18O2/c1-9(2)8-15-13-6-10(3)5-12(7-13)11(4)14/h5-7,9H,8H2,1-4H3. The van der Waals surface area contributed by atoms with Crippen molar-refractivity contribution in [3.63, 3.8) is 0 Å². The summed E-state index contributed by atoms with van der Waals surface area (Å²) in [4.78, 5) is 11.2. The van der Waals surface area contributed by atoms with Gasteiger partial charge in [-0.2, -0.15) is 0 Å². The van der Waals surface area contributed by atoms with E-state index in [1.54, 1.807) is 13.0 Å². The maximum atomic E-state index is 11.2. The first kappa shape index (κ1) is 11.8. The first-order valence-corrected chi connectivity index (χ1v) is 5.24. The second-order valence-corrected chi connectivity index (χ2v) is 4.30. The number of rotatable bonds is 4. The van der Waals surface area contributed by atoms with Gasteiger partial charge in [-0.15, -0.1) is 0 Å². The van der Waals surface area contributed by atoms with Crippen molar-refractivity contribution in [1.29, 1.82) is 0 Å². The zero-order valence-electron chi connectivity index (χ0n) is 9.83. The van der Waals surface area contributed by atoms with Crippen LogP contribution in [-0.4, -0.2) is 12.4 Å². The van der Waals surface area contributed by atoms with Crippen molar-refractivity contribution in [2.45, 2.75) is 27.7 Å². The maximum Gasteiger partial charge on any atom is 0.159 e. The van der Waals surface area contributed by atoms with E-state index in [1.165, 1.54) is 0 Å². The Balaban J connectivity index is 2.84. The van der Waals surface area contributed by atoms with E-state index < -0.39 is 0 Å². The van der Waals surface area contributed by atoms with Gasteiger partial charge in [-0.25, -0.2) is 0 Å².